The lowest BCUT2D eigenvalue weighted by atomic mass is 9.99. The first kappa shape index (κ1) is 18.3. The van der Waals surface area contributed by atoms with Crippen LogP contribution in [-0.2, 0) is 19.7 Å². The number of nitrogens with zero attached hydrogens (tertiary/aromatic N) is 1. The van der Waals surface area contributed by atoms with Crippen molar-refractivity contribution in [2.45, 2.75) is 32.6 Å². The second kappa shape index (κ2) is 8.67. The second-order valence-corrected chi connectivity index (χ2v) is 7.09. The largest absolute Gasteiger partial charge is 0.469 e. The van der Waals surface area contributed by atoms with Crippen LogP contribution < -0.4 is 4.72 Å². The Morgan fingerprint density at radius 2 is 2.05 bits per heavy atom. The fourth-order valence-corrected chi connectivity index (χ4v) is 3.77. The first-order valence-electron chi connectivity index (χ1n) is 7.38. The van der Waals surface area contributed by atoms with Crippen molar-refractivity contribution >= 4 is 16.2 Å². The molecular weight excluding hydrogens is 296 g/mol. The minimum atomic E-state index is -3.51. The standard InChI is InChI=1S/C13H26N2O5S/c1-3-11(6-9-16)10-14-21(18,19)15-7-4-12(5-8-15)13(17)20-2/h11-12,14,16H,3-10H2,1-2H3. The molecule has 0 amide bonds. The van der Waals surface area contributed by atoms with Gasteiger partial charge in [-0.3, -0.25) is 4.79 Å². The van der Waals surface area contributed by atoms with E-state index in [0.29, 0.717) is 38.9 Å². The first-order chi connectivity index (χ1) is 9.94. The average Bonchev–Trinajstić information content (AvgIpc) is 2.50. The van der Waals surface area contributed by atoms with Crippen LogP contribution in [0.3, 0.4) is 0 Å². The number of carbonyl (C=O) groups is 1. The summed E-state index contributed by atoms with van der Waals surface area (Å²) in [5.74, 6) is -0.342. The van der Waals surface area contributed by atoms with E-state index in [-0.39, 0.29) is 24.4 Å². The molecule has 21 heavy (non-hydrogen) atoms. The van der Waals surface area contributed by atoms with Crippen molar-refractivity contribution in [1.82, 2.24) is 9.03 Å². The maximum absolute atomic E-state index is 12.2. The number of rotatable bonds is 8. The van der Waals surface area contributed by atoms with E-state index in [4.69, 9.17) is 5.11 Å². The maximum Gasteiger partial charge on any atom is 0.308 e. The summed E-state index contributed by atoms with van der Waals surface area (Å²) < 4.78 is 33.0. The van der Waals surface area contributed by atoms with Gasteiger partial charge in [0, 0.05) is 26.2 Å². The van der Waals surface area contributed by atoms with E-state index in [9.17, 15) is 13.2 Å². The highest BCUT2D eigenvalue weighted by atomic mass is 32.2. The Kier molecular flexibility index (Phi) is 7.58. The summed E-state index contributed by atoms with van der Waals surface area (Å²) in [5.41, 5.74) is 0. The lowest BCUT2D eigenvalue weighted by Crippen LogP contribution is -2.47. The molecule has 1 heterocycles. The molecule has 1 fully saturated rings. The highest BCUT2D eigenvalue weighted by Gasteiger charge is 2.31. The van der Waals surface area contributed by atoms with Gasteiger partial charge in [-0.25, -0.2) is 4.72 Å². The van der Waals surface area contributed by atoms with E-state index in [0.717, 1.165) is 6.42 Å². The number of methoxy groups -OCH3 is 1. The number of aliphatic hydroxyl groups is 1. The molecule has 8 heteroatoms. The molecule has 1 aliphatic rings. The Bertz CT molecular complexity index is 418. The van der Waals surface area contributed by atoms with Crippen LogP contribution in [0.2, 0.25) is 0 Å². The Hall–Kier alpha value is -0.700. The van der Waals surface area contributed by atoms with Crippen LogP contribution in [0, 0.1) is 11.8 Å². The minimum Gasteiger partial charge on any atom is -0.469 e. The molecule has 0 spiro atoms. The summed E-state index contributed by atoms with van der Waals surface area (Å²) in [4.78, 5) is 11.4. The van der Waals surface area contributed by atoms with E-state index in [2.05, 4.69) is 9.46 Å². The Morgan fingerprint density at radius 1 is 1.43 bits per heavy atom. The van der Waals surface area contributed by atoms with Crippen molar-refractivity contribution in [3.8, 4) is 0 Å². The van der Waals surface area contributed by atoms with Crippen LogP contribution in [0.5, 0.6) is 0 Å². The zero-order valence-corrected chi connectivity index (χ0v) is 13.6. The van der Waals surface area contributed by atoms with Crippen molar-refractivity contribution in [3.63, 3.8) is 0 Å². The highest BCUT2D eigenvalue weighted by molar-refractivity contribution is 7.87. The minimum absolute atomic E-state index is 0.0603. The summed E-state index contributed by atoms with van der Waals surface area (Å²) in [5, 5.41) is 8.92. The number of hydrogen-bond acceptors (Lipinski definition) is 5. The fourth-order valence-electron chi connectivity index (χ4n) is 2.45. The van der Waals surface area contributed by atoms with Gasteiger partial charge >= 0.3 is 5.97 Å². The van der Waals surface area contributed by atoms with Gasteiger partial charge in [-0.2, -0.15) is 12.7 Å². The van der Waals surface area contributed by atoms with Crippen molar-refractivity contribution in [1.29, 1.82) is 0 Å². The molecular formula is C13H26N2O5S. The van der Waals surface area contributed by atoms with E-state index < -0.39 is 10.2 Å². The number of ether oxygens (including phenoxy) is 1. The van der Waals surface area contributed by atoms with E-state index in [1.807, 2.05) is 6.92 Å². The first-order valence-corrected chi connectivity index (χ1v) is 8.82. The lowest BCUT2D eigenvalue weighted by Gasteiger charge is -2.30. The highest BCUT2D eigenvalue weighted by Crippen LogP contribution is 2.20. The van der Waals surface area contributed by atoms with Crippen molar-refractivity contribution in [3.05, 3.63) is 0 Å². The van der Waals surface area contributed by atoms with Crippen LogP contribution in [0.25, 0.3) is 0 Å². The molecule has 1 saturated heterocycles. The van der Waals surface area contributed by atoms with Crippen LogP contribution in [0.1, 0.15) is 32.6 Å². The third-order valence-electron chi connectivity index (χ3n) is 4.00. The van der Waals surface area contributed by atoms with Gasteiger partial charge in [0.25, 0.3) is 10.2 Å². The van der Waals surface area contributed by atoms with Gasteiger partial charge in [0.15, 0.2) is 0 Å². The zero-order valence-electron chi connectivity index (χ0n) is 12.7. The molecule has 1 atom stereocenters. The van der Waals surface area contributed by atoms with Crippen molar-refractivity contribution < 1.29 is 23.1 Å². The molecule has 0 aromatic rings. The van der Waals surface area contributed by atoms with Gasteiger partial charge in [-0.15, -0.1) is 0 Å². The molecule has 0 aromatic carbocycles. The molecule has 1 aliphatic heterocycles. The quantitative estimate of drug-likeness (QED) is 0.619. The molecule has 0 aliphatic carbocycles. The predicted octanol–water partition coefficient (Wildman–Crippen LogP) is 0.114. The van der Waals surface area contributed by atoms with Crippen LogP contribution in [-0.4, -0.2) is 57.1 Å². The van der Waals surface area contributed by atoms with Crippen molar-refractivity contribution in [2.24, 2.45) is 11.8 Å². The maximum atomic E-state index is 12.2. The summed E-state index contributed by atoms with van der Waals surface area (Å²) >= 11 is 0. The normalized spacial score (nSPS) is 19.4. The van der Waals surface area contributed by atoms with Gasteiger partial charge < -0.3 is 9.84 Å². The molecule has 2 N–H and O–H groups in total. The van der Waals surface area contributed by atoms with Crippen LogP contribution >= 0.6 is 0 Å². The zero-order chi connectivity index (χ0) is 15.9. The van der Waals surface area contributed by atoms with Gasteiger partial charge in [-0.05, 0) is 25.2 Å². The number of nitrogens with one attached hydrogen (secondary N) is 1. The predicted molar refractivity (Wildman–Crippen MR) is 78.7 cm³/mol. The Morgan fingerprint density at radius 3 is 2.52 bits per heavy atom. The molecule has 1 unspecified atom stereocenters. The smallest absolute Gasteiger partial charge is 0.308 e. The monoisotopic (exact) mass is 322 g/mol. The topological polar surface area (TPSA) is 95.9 Å². The summed E-state index contributed by atoms with van der Waals surface area (Å²) in [6.45, 7) is 3.01. The molecule has 0 aromatic heterocycles. The number of aliphatic hydroxyl groups excluding tert-OH is 1. The average molecular weight is 322 g/mol. The van der Waals surface area contributed by atoms with E-state index in [1.165, 1.54) is 11.4 Å². The van der Waals surface area contributed by atoms with E-state index >= 15 is 0 Å². The lowest BCUT2D eigenvalue weighted by molar-refractivity contribution is -0.146. The third kappa shape index (κ3) is 5.54. The number of piperidine rings is 1. The van der Waals surface area contributed by atoms with Gasteiger partial charge in [0.05, 0.1) is 13.0 Å². The van der Waals surface area contributed by atoms with Gasteiger partial charge in [-0.1, -0.05) is 13.3 Å². The molecule has 124 valence electrons. The molecule has 0 bridgehead atoms. The molecule has 1 rings (SSSR count). The SMILES string of the molecule is CCC(CCO)CNS(=O)(=O)N1CCC(C(=O)OC)CC1. The second-order valence-electron chi connectivity index (χ2n) is 5.34. The van der Waals surface area contributed by atoms with Crippen molar-refractivity contribution in [2.75, 3.05) is 33.4 Å². The Labute approximate surface area is 126 Å². The molecule has 7 nitrogen and oxygen atoms in total. The fraction of sp³-hybridized carbons (Fsp3) is 0.923. The van der Waals surface area contributed by atoms with Gasteiger partial charge in [0.2, 0.25) is 0 Å². The third-order valence-corrected chi connectivity index (χ3v) is 5.57. The Balaban J connectivity index is 2.47. The van der Waals surface area contributed by atoms with Gasteiger partial charge in [0.1, 0.15) is 0 Å². The summed E-state index contributed by atoms with van der Waals surface area (Å²) in [7, 11) is -2.17. The van der Waals surface area contributed by atoms with E-state index in [1.54, 1.807) is 0 Å². The molecule has 0 saturated carbocycles. The summed E-state index contributed by atoms with van der Waals surface area (Å²) in [6.07, 6.45) is 2.37. The summed E-state index contributed by atoms with van der Waals surface area (Å²) in [6, 6.07) is 0. The number of hydrogen-bond donors (Lipinski definition) is 2. The molecule has 0 radical (unpaired) electrons. The number of carbonyl (C=O) groups excluding carboxylic acids is 1. The number of esters is 1. The van der Waals surface area contributed by atoms with Crippen LogP contribution in [0.4, 0.5) is 0 Å². The van der Waals surface area contributed by atoms with Crippen LogP contribution in [0.15, 0.2) is 0 Å².